The topological polar surface area (TPSA) is 73.6 Å². The van der Waals surface area contributed by atoms with Gasteiger partial charge in [-0.2, -0.15) is 0 Å². The summed E-state index contributed by atoms with van der Waals surface area (Å²) < 4.78 is 16.4. The van der Waals surface area contributed by atoms with E-state index in [2.05, 4.69) is 10.3 Å². The number of oxazole rings is 1. The second kappa shape index (κ2) is 10.1. The highest BCUT2D eigenvalue weighted by Crippen LogP contribution is 2.22. The predicted octanol–water partition coefficient (Wildman–Crippen LogP) is 4.48. The van der Waals surface area contributed by atoms with Crippen molar-refractivity contribution in [1.29, 1.82) is 0 Å². The Morgan fingerprint density at radius 3 is 2.47 bits per heavy atom. The zero-order chi connectivity index (χ0) is 21.5. The summed E-state index contributed by atoms with van der Waals surface area (Å²) in [6, 6.07) is 17.4. The van der Waals surface area contributed by atoms with Crippen molar-refractivity contribution in [2.24, 2.45) is 0 Å². The van der Waals surface area contributed by atoms with Gasteiger partial charge in [0, 0.05) is 18.0 Å². The second-order valence-corrected chi connectivity index (χ2v) is 7.19. The predicted molar refractivity (Wildman–Crippen MR) is 115 cm³/mol. The van der Waals surface area contributed by atoms with Crippen molar-refractivity contribution in [3.63, 3.8) is 0 Å². The van der Waals surface area contributed by atoms with Crippen LogP contribution in [0.1, 0.15) is 36.9 Å². The highest BCUT2D eigenvalue weighted by atomic mass is 16.5. The molecule has 1 heterocycles. The van der Waals surface area contributed by atoms with Crippen LogP contribution in [0.15, 0.2) is 59.0 Å². The molecule has 1 aromatic heterocycles. The van der Waals surface area contributed by atoms with Gasteiger partial charge in [-0.25, -0.2) is 4.98 Å². The minimum atomic E-state index is -0.368. The fourth-order valence-corrected chi connectivity index (χ4v) is 3.20. The first-order valence-electron chi connectivity index (χ1n) is 10.1. The molecule has 0 aliphatic heterocycles. The first kappa shape index (κ1) is 21.6. The number of carbonyl (C=O) groups is 1. The Labute approximate surface area is 177 Å². The van der Waals surface area contributed by atoms with Crippen LogP contribution in [0.25, 0.3) is 11.5 Å². The number of hydrogen-bond acceptors (Lipinski definition) is 6. The second-order valence-electron chi connectivity index (χ2n) is 7.19. The van der Waals surface area contributed by atoms with Crippen molar-refractivity contribution >= 4 is 5.97 Å². The fourth-order valence-electron chi connectivity index (χ4n) is 3.20. The van der Waals surface area contributed by atoms with Crippen molar-refractivity contribution in [2.75, 3.05) is 13.7 Å². The lowest BCUT2D eigenvalue weighted by Gasteiger charge is -2.19. The molecule has 158 valence electrons. The van der Waals surface area contributed by atoms with Gasteiger partial charge in [-0.3, -0.25) is 10.1 Å². The molecule has 2 unspecified atom stereocenters. The smallest absolute Gasteiger partial charge is 0.322 e. The summed E-state index contributed by atoms with van der Waals surface area (Å²) in [6.07, 6.45) is 0.665. The number of ether oxygens (including phenoxy) is 2. The number of aromatic nitrogens is 1. The highest BCUT2D eigenvalue weighted by molar-refractivity contribution is 5.75. The summed E-state index contributed by atoms with van der Waals surface area (Å²) in [4.78, 5) is 16.2. The third-order valence-electron chi connectivity index (χ3n) is 4.96. The number of methoxy groups -OCH3 is 1. The van der Waals surface area contributed by atoms with E-state index in [1.807, 2.05) is 68.4 Å². The molecule has 0 radical (unpaired) electrons. The lowest BCUT2D eigenvalue weighted by Crippen LogP contribution is -2.36. The monoisotopic (exact) mass is 408 g/mol. The Bertz CT molecular complexity index is 951. The summed E-state index contributed by atoms with van der Waals surface area (Å²) in [5.41, 5.74) is 2.94. The molecule has 2 aromatic carbocycles. The van der Waals surface area contributed by atoms with Gasteiger partial charge in [-0.05, 0) is 50.6 Å². The van der Waals surface area contributed by atoms with Crippen LogP contribution >= 0.6 is 0 Å². The van der Waals surface area contributed by atoms with Gasteiger partial charge in [0.15, 0.2) is 0 Å². The number of esters is 1. The zero-order valence-electron chi connectivity index (χ0n) is 17.8. The van der Waals surface area contributed by atoms with E-state index in [4.69, 9.17) is 13.9 Å². The molecule has 1 N–H and O–H groups in total. The molecular weight excluding hydrogens is 380 g/mol. The van der Waals surface area contributed by atoms with Crippen LogP contribution in [0.2, 0.25) is 0 Å². The number of carbonyl (C=O) groups excluding carboxylic acids is 1. The first-order chi connectivity index (χ1) is 14.5. The van der Waals surface area contributed by atoms with Crippen LogP contribution in [0, 0.1) is 6.92 Å². The zero-order valence-corrected chi connectivity index (χ0v) is 17.8. The van der Waals surface area contributed by atoms with Gasteiger partial charge in [0.25, 0.3) is 0 Å². The number of nitrogens with zero attached hydrogens (tertiary/aromatic N) is 1. The van der Waals surface area contributed by atoms with Crippen LogP contribution in [0.3, 0.4) is 0 Å². The minimum Gasteiger partial charge on any atom is -0.493 e. The van der Waals surface area contributed by atoms with E-state index < -0.39 is 0 Å². The van der Waals surface area contributed by atoms with Gasteiger partial charge in [-0.15, -0.1) is 0 Å². The van der Waals surface area contributed by atoms with Crippen molar-refractivity contribution in [2.45, 2.75) is 39.3 Å². The van der Waals surface area contributed by atoms with Gasteiger partial charge in [0.2, 0.25) is 5.89 Å². The Kier molecular flexibility index (Phi) is 7.25. The molecule has 0 aliphatic carbocycles. The van der Waals surface area contributed by atoms with Crippen molar-refractivity contribution < 1.29 is 18.7 Å². The fraction of sp³-hybridized carbons (Fsp3) is 0.333. The van der Waals surface area contributed by atoms with Crippen molar-refractivity contribution in [3.05, 3.63) is 71.6 Å². The molecule has 0 saturated carbocycles. The molecule has 3 rings (SSSR count). The number of nitrogens with one attached hydrogen (secondary N) is 1. The molecule has 0 aliphatic rings. The normalized spacial score (nSPS) is 12.9. The van der Waals surface area contributed by atoms with Crippen LogP contribution in [-0.2, 0) is 16.0 Å². The van der Waals surface area contributed by atoms with Crippen LogP contribution in [0.4, 0.5) is 0 Å². The third kappa shape index (κ3) is 5.48. The van der Waals surface area contributed by atoms with Crippen LogP contribution in [0.5, 0.6) is 5.75 Å². The lowest BCUT2D eigenvalue weighted by molar-refractivity contribution is -0.142. The minimum absolute atomic E-state index is 0.0161. The van der Waals surface area contributed by atoms with E-state index >= 15 is 0 Å². The van der Waals surface area contributed by atoms with Crippen LogP contribution in [-0.4, -0.2) is 30.7 Å². The van der Waals surface area contributed by atoms with E-state index in [0.717, 1.165) is 28.3 Å². The summed E-state index contributed by atoms with van der Waals surface area (Å²) in [5.74, 6) is 1.96. The molecule has 3 aromatic rings. The van der Waals surface area contributed by atoms with E-state index in [0.29, 0.717) is 18.9 Å². The quantitative estimate of drug-likeness (QED) is 0.526. The largest absolute Gasteiger partial charge is 0.493 e. The lowest BCUT2D eigenvalue weighted by atomic mass is 10.1. The van der Waals surface area contributed by atoms with Gasteiger partial charge in [-0.1, -0.05) is 30.3 Å². The van der Waals surface area contributed by atoms with Gasteiger partial charge < -0.3 is 13.9 Å². The van der Waals surface area contributed by atoms with Crippen LogP contribution < -0.4 is 10.1 Å². The molecular formula is C24H28N2O4. The summed E-state index contributed by atoms with van der Waals surface area (Å²) in [6.45, 7) is 6.23. The average molecular weight is 408 g/mol. The maximum absolute atomic E-state index is 11.6. The van der Waals surface area contributed by atoms with Gasteiger partial charge in [0.1, 0.15) is 17.6 Å². The summed E-state index contributed by atoms with van der Waals surface area (Å²) in [7, 11) is 1.39. The molecule has 0 saturated heterocycles. The molecule has 2 atom stereocenters. The summed E-state index contributed by atoms with van der Waals surface area (Å²) >= 11 is 0. The highest BCUT2D eigenvalue weighted by Gasteiger charge is 2.16. The number of rotatable bonds is 9. The SMILES string of the molecule is COC(=O)C(C)NC(C)c1ccc(OCCc2nc(-c3ccccc3)oc2C)cc1. The van der Waals surface area contributed by atoms with Crippen molar-refractivity contribution in [3.8, 4) is 17.2 Å². The molecule has 0 amide bonds. The van der Waals surface area contributed by atoms with Gasteiger partial charge in [0.05, 0.1) is 19.4 Å². The van der Waals surface area contributed by atoms with E-state index in [9.17, 15) is 4.79 Å². The average Bonchev–Trinajstić information content (AvgIpc) is 3.14. The molecule has 6 heteroatoms. The molecule has 0 fully saturated rings. The Morgan fingerprint density at radius 1 is 1.10 bits per heavy atom. The molecule has 6 nitrogen and oxygen atoms in total. The third-order valence-corrected chi connectivity index (χ3v) is 4.96. The number of aryl methyl sites for hydroxylation is 1. The Hall–Kier alpha value is -3.12. The standard InChI is InChI=1S/C24H28N2O4/c1-16(25-17(2)24(27)28-4)19-10-12-21(13-11-19)29-15-14-22-18(3)30-23(26-22)20-8-6-5-7-9-20/h5-13,16-17,25H,14-15H2,1-4H3. The maximum Gasteiger partial charge on any atom is 0.322 e. The number of hydrogen-bond donors (Lipinski definition) is 1. The first-order valence-corrected chi connectivity index (χ1v) is 10.1. The molecule has 30 heavy (non-hydrogen) atoms. The van der Waals surface area contributed by atoms with Gasteiger partial charge >= 0.3 is 5.97 Å². The Morgan fingerprint density at radius 2 is 1.80 bits per heavy atom. The van der Waals surface area contributed by atoms with Crippen molar-refractivity contribution in [1.82, 2.24) is 10.3 Å². The van der Waals surface area contributed by atoms with E-state index in [1.165, 1.54) is 7.11 Å². The Balaban J connectivity index is 1.52. The summed E-state index contributed by atoms with van der Waals surface area (Å²) in [5, 5.41) is 3.22. The molecule has 0 bridgehead atoms. The van der Waals surface area contributed by atoms with E-state index in [-0.39, 0.29) is 18.1 Å². The number of benzene rings is 2. The molecule has 0 spiro atoms. The van der Waals surface area contributed by atoms with E-state index in [1.54, 1.807) is 6.92 Å². The maximum atomic E-state index is 11.6.